The number of hydrogen-bond acceptors (Lipinski definition) is 3. The molecule has 1 aromatic rings. The molecule has 4 nitrogen and oxygen atoms in total. The summed E-state index contributed by atoms with van der Waals surface area (Å²) in [6, 6.07) is 1.96. The summed E-state index contributed by atoms with van der Waals surface area (Å²) in [6.07, 6.45) is 4.87. The van der Waals surface area contributed by atoms with E-state index in [1.807, 2.05) is 6.07 Å². The van der Waals surface area contributed by atoms with Crippen LogP contribution in [0.15, 0.2) is 12.3 Å². The monoisotopic (exact) mass is 183 g/mol. The molecule has 4 heteroatoms. The van der Waals surface area contributed by atoms with E-state index in [1.54, 1.807) is 6.20 Å². The number of nitrogens with one attached hydrogen (secondary N) is 2. The molecular weight excluding hydrogens is 166 g/mol. The molecule has 0 atom stereocenters. The Labute approximate surface area is 78.4 Å². The molecule has 1 aromatic heterocycles. The molecule has 0 saturated carbocycles. The van der Waals surface area contributed by atoms with Crippen LogP contribution in [0.5, 0.6) is 0 Å². The Morgan fingerprint density at radius 2 is 2.31 bits per heavy atom. The summed E-state index contributed by atoms with van der Waals surface area (Å²) in [6.45, 7) is 2.15. The number of aromatic nitrogens is 2. The van der Waals surface area contributed by atoms with Crippen LogP contribution in [0, 0.1) is 0 Å². The van der Waals surface area contributed by atoms with E-state index >= 15 is 0 Å². The van der Waals surface area contributed by atoms with E-state index in [1.165, 1.54) is 0 Å². The van der Waals surface area contributed by atoms with Crippen LogP contribution in [0.4, 0.5) is 0 Å². The molecule has 0 unspecified atom stereocenters. The van der Waals surface area contributed by atoms with E-state index < -0.39 is 0 Å². The zero-order chi connectivity index (χ0) is 9.36. The van der Waals surface area contributed by atoms with E-state index in [-0.39, 0.29) is 0 Å². The minimum Gasteiger partial charge on any atom is -0.396 e. The molecule has 0 aliphatic rings. The highest BCUT2D eigenvalue weighted by Gasteiger charge is 1.92. The summed E-state index contributed by atoms with van der Waals surface area (Å²) in [5.74, 6) is 0. The molecule has 1 heterocycles. The van der Waals surface area contributed by atoms with Gasteiger partial charge in [-0.2, -0.15) is 5.10 Å². The molecule has 1 rings (SSSR count). The number of H-pyrrole nitrogens is 1. The lowest BCUT2D eigenvalue weighted by atomic mass is 10.2. The van der Waals surface area contributed by atoms with E-state index in [4.69, 9.17) is 5.11 Å². The maximum absolute atomic E-state index is 8.54. The Kier molecular flexibility index (Phi) is 5.20. The summed E-state index contributed by atoms with van der Waals surface area (Å²) in [5.41, 5.74) is 1.11. The van der Waals surface area contributed by atoms with Crippen LogP contribution < -0.4 is 5.32 Å². The van der Waals surface area contributed by atoms with Gasteiger partial charge in [0.05, 0.1) is 0 Å². The molecule has 0 amide bonds. The normalized spacial score (nSPS) is 10.5. The molecule has 0 bridgehead atoms. The predicted molar refractivity (Wildman–Crippen MR) is 51.2 cm³/mol. The topological polar surface area (TPSA) is 60.9 Å². The smallest absolute Gasteiger partial charge is 0.0490 e. The van der Waals surface area contributed by atoms with Gasteiger partial charge in [-0.25, -0.2) is 0 Å². The first-order valence-corrected chi connectivity index (χ1v) is 4.73. The third-order valence-corrected chi connectivity index (χ3v) is 1.89. The molecule has 0 fully saturated rings. The summed E-state index contributed by atoms with van der Waals surface area (Å²) >= 11 is 0. The molecule has 0 aliphatic carbocycles. The number of rotatable bonds is 7. The minimum atomic E-state index is 0.306. The van der Waals surface area contributed by atoms with Gasteiger partial charge in [0.15, 0.2) is 0 Å². The third-order valence-electron chi connectivity index (χ3n) is 1.89. The van der Waals surface area contributed by atoms with Gasteiger partial charge in [0.2, 0.25) is 0 Å². The van der Waals surface area contributed by atoms with Gasteiger partial charge in [-0.1, -0.05) is 0 Å². The lowest BCUT2D eigenvalue weighted by molar-refractivity contribution is 0.283. The summed E-state index contributed by atoms with van der Waals surface area (Å²) < 4.78 is 0. The van der Waals surface area contributed by atoms with Crippen LogP contribution in [0.1, 0.15) is 25.0 Å². The molecule has 0 spiro atoms. The van der Waals surface area contributed by atoms with Gasteiger partial charge in [-0.15, -0.1) is 0 Å². The Balaban J connectivity index is 1.90. The number of aliphatic hydroxyl groups is 1. The second-order valence-electron chi connectivity index (χ2n) is 3.04. The van der Waals surface area contributed by atoms with Crippen molar-refractivity contribution in [2.45, 2.75) is 25.8 Å². The highest BCUT2D eigenvalue weighted by molar-refractivity contribution is 4.96. The van der Waals surface area contributed by atoms with Crippen LogP contribution in [0.25, 0.3) is 0 Å². The van der Waals surface area contributed by atoms with Crippen molar-refractivity contribution < 1.29 is 5.11 Å². The first kappa shape index (κ1) is 10.2. The number of hydrogen-bond donors (Lipinski definition) is 3. The average Bonchev–Trinajstić information content (AvgIpc) is 2.63. The molecule has 0 aromatic carbocycles. The van der Waals surface area contributed by atoms with Crippen LogP contribution >= 0.6 is 0 Å². The van der Waals surface area contributed by atoms with Gasteiger partial charge < -0.3 is 10.4 Å². The molecule has 0 saturated heterocycles. The van der Waals surface area contributed by atoms with Crippen LogP contribution in [-0.2, 0) is 6.54 Å². The zero-order valence-corrected chi connectivity index (χ0v) is 7.79. The van der Waals surface area contributed by atoms with Crippen molar-refractivity contribution >= 4 is 0 Å². The van der Waals surface area contributed by atoms with E-state index in [9.17, 15) is 0 Å². The van der Waals surface area contributed by atoms with Crippen molar-refractivity contribution in [3.63, 3.8) is 0 Å². The summed E-state index contributed by atoms with van der Waals surface area (Å²) in [4.78, 5) is 0. The number of aromatic amines is 1. The zero-order valence-electron chi connectivity index (χ0n) is 7.79. The van der Waals surface area contributed by atoms with E-state index in [2.05, 4.69) is 15.5 Å². The van der Waals surface area contributed by atoms with Gasteiger partial charge in [0.25, 0.3) is 0 Å². The molecule has 13 heavy (non-hydrogen) atoms. The van der Waals surface area contributed by atoms with Crippen LogP contribution in [-0.4, -0.2) is 28.5 Å². The number of unbranched alkanes of at least 4 members (excludes halogenated alkanes) is 2. The highest BCUT2D eigenvalue weighted by atomic mass is 16.2. The van der Waals surface area contributed by atoms with Gasteiger partial charge in [0, 0.05) is 25.0 Å². The molecule has 0 aliphatic heterocycles. The lowest BCUT2D eigenvalue weighted by Gasteiger charge is -2.01. The first-order valence-electron chi connectivity index (χ1n) is 4.73. The molecule has 0 radical (unpaired) electrons. The first-order chi connectivity index (χ1) is 6.43. The van der Waals surface area contributed by atoms with Crippen molar-refractivity contribution in [2.75, 3.05) is 13.2 Å². The number of aliphatic hydroxyl groups excluding tert-OH is 1. The van der Waals surface area contributed by atoms with E-state index in [0.717, 1.165) is 38.0 Å². The van der Waals surface area contributed by atoms with Crippen LogP contribution in [0.2, 0.25) is 0 Å². The van der Waals surface area contributed by atoms with Gasteiger partial charge in [0.1, 0.15) is 0 Å². The molecular formula is C9H17N3O. The lowest BCUT2D eigenvalue weighted by Crippen LogP contribution is -2.14. The van der Waals surface area contributed by atoms with Crippen molar-refractivity contribution in [2.24, 2.45) is 0 Å². The van der Waals surface area contributed by atoms with Crippen LogP contribution in [0.3, 0.4) is 0 Å². The fraction of sp³-hybridized carbons (Fsp3) is 0.667. The van der Waals surface area contributed by atoms with Crippen molar-refractivity contribution in [1.29, 1.82) is 0 Å². The molecule has 3 N–H and O–H groups in total. The highest BCUT2D eigenvalue weighted by Crippen LogP contribution is 1.93. The fourth-order valence-electron chi connectivity index (χ4n) is 1.14. The number of nitrogens with zero attached hydrogens (tertiary/aromatic N) is 1. The maximum atomic E-state index is 8.54. The third kappa shape index (κ3) is 4.65. The summed E-state index contributed by atoms with van der Waals surface area (Å²) in [5, 5.41) is 18.6. The van der Waals surface area contributed by atoms with Crippen molar-refractivity contribution in [3.05, 3.63) is 18.0 Å². The SMILES string of the molecule is OCCCCCNCc1ccn[nH]1. The Hall–Kier alpha value is -0.870. The van der Waals surface area contributed by atoms with Gasteiger partial charge >= 0.3 is 0 Å². The second-order valence-corrected chi connectivity index (χ2v) is 3.04. The fourth-order valence-corrected chi connectivity index (χ4v) is 1.14. The second kappa shape index (κ2) is 6.62. The van der Waals surface area contributed by atoms with Crippen molar-refractivity contribution in [3.8, 4) is 0 Å². The average molecular weight is 183 g/mol. The van der Waals surface area contributed by atoms with Gasteiger partial charge in [-0.05, 0) is 31.9 Å². The predicted octanol–water partition coefficient (Wildman–Crippen LogP) is 0.662. The Morgan fingerprint density at radius 3 is 3.00 bits per heavy atom. The quantitative estimate of drug-likeness (QED) is 0.544. The summed E-state index contributed by atoms with van der Waals surface area (Å²) in [7, 11) is 0. The Bertz CT molecular complexity index is 199. The maximum Gasteiger partial charge on any atom is 0.0490 e. The largest absolute Gasteiger partial charge is 0.396 e. The van der Waals surface area contributed by atoms with E-state index in [0.29, 0.717) is 6.61 Å². The molecule has 74 valence electrons. The van der Waals surface area contributed by atoms with Crippen molar-refractivity contribution in [1.82, 2.24) is 15.5 Å². The minimum absolute atomic E-state index is 0.306. The standard InChI is InChI=1S/C9H17N3O/c13-7-3-1-2-5-10-8-9-4-6-11-12-9/h4,6,10,13H,1-3,5,7-8H2,(H,11,12). The Morgan fingerprint density at radius 1 is 1.38 bits per heavy atom. The van der Waals surface area contributed by atoms with Gasteiger partial charge in [-0.3, -0.25) is 5.10 Å².